The molecule has 0 saturated carbocycles. The number of methoxy groups -OCH3 is 1. The highest BCUT2D eigenvalue weighted by Crippen LogP contribution is 2.17. The zero-order valence-electron chi connectivity index (χ0n) is 13.2. The smallest absolute Gasteiger partial charge is 0.315 e. The Morgan fingerprint density at radius 1 is 1.18 bits per heavy atom. The van der Waals surface area contributed by atoms with Crippen molar-refractivity contribution in [2.75, 3.05) is 7.11 Å². The minimum absolute atomic E-state index is 0.0663. The third-order valence-corrected chi connectivity index (χ3v) is 3.50. The highest BCUT2D eigenvalue weighted by atomic mass is 16.5. The van der Waals surface area contributed by atoms with Crippen LogP contribution in [0.15, 0.2) is 48.5 Å². The fraction of sp³-hybridized carbons (Fsp3) is 0.278. The van der Waals surface area contributed by atoms with Crippen LogP contribution in [0.1, 0.15) is 29.7 Å². The van der Waals surface area contributed by atoms with Gasteiger partial charge < -0.3 is 15.4 Å². The molecule has 2 N–H and O–H groups in total. The summed E-state index contributed by atoms with van der Waals surface area (Å²) in [7, 11) is 1.63. The molecule has 0 aromatic heterocycles. The Labute approximate surface area is 131 Å². The number of urea groups is 1. The number of hydrogen-bond acceptors (Lipinski definition) is 2. The van der Waals surface area contributed by atoms with E-state index in [9.17, 15) is 4.79 Å². The molecule has 0 saturated heterocycles. The summed E-state index contributed by atoms with van der Waals surface area (Å²) in [6.07, 6.45) is 0. The van der Waals surface area contributed by atoms with Crippen molar-refractivity contribution in [1.29, 1.82) is 0 Å². The molecule has 2 amide bonds. The Bertz CT molecular complexity index is 623. The molecule has 4 nitrogen and oxygen atoms in total. The number of carbonyl (C=O) groups is 1. The van der Waals surface area contributed by atoms with Crippen molar-refractivity contribution >= 4 is 6.03 Å². The van der Waals surface area contributed by atoms with Crippen molar-refractivity contribution in [2.45, 2.75) is 26.4 Å². The fourth-order valence-electron chi connectivity index (χ4n) is 2.23. The van der Waals surface area contributed by atoms with Gasteiger partial charge in [-0.2, -0.15) is 0 Å². The van der Waals surface area contributed by atoms with Gasteiger partial charge >= 0.3 is 6.03 Å². The lowest BCUT2D eigenvalue weighted by Crippen LogP contribution is -2.36. The zero-order chi connectivity index (χ0) is 15.9. The van der Waals surface area contributed by atoms with E-state index >= 15 is 0 Å². The molecule has 0 fully saturated rings. The van der Waals surface area contributed by atoms with Crippen LogP contribution < -0.4 is 15.4 Å². The normalized spacial score (nSPS) is 11.6. The van der Waals surface area contributed by atoms with Crippen LogP contribution in [-0.2, 0) is 6.54 Å². The van der Waals surface area contributed by atoms with E-state index in [1.165, 1.54) is 5.56 Å². The summed E-state index contributed by atoms with van der Waals surface area (Å²) in [4.78, 5) is 12.0. The highest BCUT2D eigenvalue weighted by molar-refractivity contribution is 5.74. The second-order valence-corrected chi connectivity index (χ2v) is 5.31. The van der Waals surface area contributed by atoms with Crippen molar-refractivity contribution in [2.24, 2.45) is 0 Å². The molecule has 4 heteroatoms. The molecular weight excluding hydrogens is 276 g/mol. The van der Waals surface area contributed by atoms with E-state index in [1.807, 2.05) is 56.3 Å². The molecule has 1 atom stereocenters. The first-order valence-electron chi connectivity index (χ1n) is 7.32. The first-order chi connectivity index (χ1) is 10.6. The number of hydrogen-bond donors (Lipinski definition) is 2. The molecule has 1 unspecified atom stereocenters. The minimum atomic E-state index is -0.176. The summed E-state index contributed by atoms with van der Waals surface area (Å²) in [5, 5.41) is 5.80. The number of carbonyl (C=O) groups excluding carboxylic acids is 1. The van der Waals surface area contributed by atoms with Crippen LogP contribution in [0.25, 0.3) is 0 Å². The Morgan fingerprint density at radius 2 is 1.91 bits per heavy atom. The standard InChI is InChI=1S/C18H22N2O2/c1-13-5-4-6-15(11-13)12-19-18(21)20-14(2)16-7-9-17(22-3)10-8-16/h4-11,14H,12H2,1-3H3,(H2,19,20,21). The second kappa shape index (κ2) is 7.50. The van der Waals surface area contributed by atoms with Gasteiger partial charge in [0.25, 0.3) is 0 Å². The number of amides is 2. The van der Waals surface area contributed by atoms with Gasteiger partial charge in [0.2, 0.25) is 0 Å². The van der Waals surface area contributed by atoms with E-state index < -0.39 is 0 Å². The van der Waals surface area contributed by atoms with Gasteiger partial charge in [0.15, 0.2) is 0 Å². The largest absolute Gasteiger partial charge is 0.497 e. The summed E-state index contributed by atoms with van der Waals surface area (Å²) < 4.78 is 5.13. The number of nitrogens with one attached hydrogen (secondary N) is 2. The van der Waals surface area contributed by atoms with Crippen LogP contribution >= 0.6 is 0 Å². The van der Waals surface area contributed by atoms with Crippen molar-refractivity contribution in [3.63, 3.8) is 0 Å². The predicted octanol–water partition coefficient (Wildman–Crippen LogP) is 3.56. The molecule has 22 heavy (non-hydrogen) atoms. The number of ether oxygens (including phenoxy) is 1. The average molecular weight is 298 g/mol. The van der Waals surface area contributed by atoms with E-state index in [0.717, 1.165) is 16.9 Å². The number of aryl methyl sites for hydroxylation is 1. The van der Waals surface area contributed by atoms with Crippen LogP contribution in [-0.4, -0.2) is 13.1 Å². The van der Waals surface area contributed by atoms with Gasteiger partial charge in [-0.3, -0.25) is 0 Å². The maximum atomic E-state index is 12.0. The monoisotopic (exact) mass is 298 g/mol. The van der Waals surface area contributed by atoms with Crippen molar-refractivity contribution in [3.8, 4) is 5.75 Å². The quantitative estimate of drug-likeness (QED) is 0.886. The Balaban J connectivity index is 1.85. The van der Waals surface area contributed by atoms with Crippen LogP contribution in [0.4, 0.5) is 4.79 Å². The van der Waals surface area contributed by atoms with Gasteiger partial charge in [-0.25, -0.2) is 4.79 Å². The van der Waals surface area contributed by atoms with Crippen LogP contribution in [0.5, 0.6) is 5.75 Å². The highest BCUT2D eigenvalue weighted by Gasteiger charge is 2.09. The van der Waals surface area contributed by atoms with Crippen LogP contribution in [0.2, 0.25) is 0 Å². The molecule has 2 aromatic carbocycles. The summed E-state index contributed by atoms with van der Waals surface area (Å²) in [5.74, 6) is 0.805. The summed E-state index contributed by atoms with van der Waals surface area (Å²) in [5.41, 5.74) is 3.31. The van der Waals surface area contributed by atoms with Gasteiger partial charge in [0.05, 0.1) is 13.2 Å². The molecule has 0 radical (unpaired) electrons. The van der Waals surface area contributed by atoms with E-state index in [2.05, 4.69) is 16.7 Å². The maximum Gasteiger partial charge on any atom is 0.315 e. The van der Waals surface area contributed by atoms with Gasteiger partial charge in [-0.15, -0.1) is 0 Å². The third-order valence-electron chi connectivity index (χ3n) is 3.50. The lowest BCUT2D eigenvalue weighted by molar-refractivity contribution is 0.237. The fourth-order valence-corrected chi connectivity index (χ4v) is 2.23. The molecule has 2 rings (SSSR count). The van der Waals surface area contributed by atoms with Gasteiger partial charge in [-0.05, 0) is 37.1 Å². The Kier molecular flexibility index (Phi) is 5.42. The second-order valence-electron chi connectivity index (χ2n) is 5.31. The maximum absolute atomic E-state index is 12.0. The molecule has 0 aliphatic heterocycles. The van der Waals surface area contributed by atoms with Crippen molar-refractivity contribution in [1.82, 2.24) is 10.6 Å². The van der Waals surface area contributed by atoms with Crippen LogP contribution in [0.3, 0.4) is 0 Å². The summed E-state index contributed by atoms with van der Waals surface area (Å²) >= 11 is 0. The molecule has 0 bridgehead atoms. The molecule has 0 heterocycles. The molecular formula is C18H22N2O2. The Hall–Kier alpha value is -2.49. The van der Waals surface area contributed by atoms with Crippen LogP contribution in [0, 0.1) is 6.92 Å². The first-order valence-corrected chi connectivity index (χ1v) is 7.32. The molecule has 2 aromatic rings. The molecule has 0 aliphatic rings. The number of benzene rings is 2. The lowest BCUT2D eigenvalue weighted by atomic mass is 10.1. The minimum Gasteiger partial charge on any atom is -0.497 e. The van der Waals surface area contributed by atoms with Crippen molar-refractivity contribution in [3.05, 3.63) is 65.2 Å². The van der Waals surface area contributed by atoms with Crippen molar-refractivity contribution < 1.29 is 9.53 Å². The third kappa shape index (κ3) is 4.52. The van der Waals surface area contributed by atoms with E-state index in [-0.39, 0.29) is 12.1 Å². The van der Waals surface area contributed by atoms with E-state index in [4.69, 9.17) is 4.74 Å². The molecule has 116 valence electrons. The van der Waals surface area contributed by atoms with E-state index in [1.54, 1.807) is 7.11 Å². The van der Waals surface area contributed by atoms with Gasteiger partial charge in [-0.1, -0.05) is 42.0 Å². The molecule has 0 spiro atoms. The number of rotatable bonds is 5. The predicted molar refractivity (Wildman–Crippen MR) is 88.0 cm³/mol. The summed E-state index contributed by atoms with van der Waals surface area (Å²) in [6, 6.07) is 15.5. The Morgan fingerprint density at radius 3 is 2.55 bits per heavy atom. The summed E-state index contributed by atoms with van der Waals surface area (Å²) in [6.45, 7) is 4.51. The van der Waals surface area contributed by atoms with Gasteiger partial charge in [0.1, 0.15) is 5.75 Å². The lowest BCUT2D eigenvalue weighted by Gasteiger charge is -2.15. The zero-order valence-corrected chi connectivity index (χ0v) is 13.2. The molecule has 0 aliphatic carbocycles. The van der Waals surface area contributed by atoms with E-state index in [0.29, 0.717) is 6.54 Å². The first kappa shape index (κ1) is 15.9. The topological polar surface area (TPSA) is 50.4 Å². The SMILES string of the molecule is COc1ccc(C(C)NC(=O)NCc2cccc(C)c2)cc1. The average Bonchev–Trinajstić information content (AvgIpc) is 2.53. The van der Waals surface area contributed by atoms with Gasteiger partial charge in [0, 0.05) is 6.54 Å².